The van der Waals surface area contributed by atoms with E-state index in [2.05, 4.69) is 19.3 Å². The Morgan fingerprint density at radius 2 is 1.94 bits per heavy atom. The molecule has 2 nitrogen and oxygen atoms in total. The zero-order valence-electron chi connectivity index (χ0n) is 9.63. The van der Waals surface area contributed by atoms with Gasteiger partial charge in [-0.1, -0.05) is 26.0 Å². The molecule has 1 rings (SSSR count). The van der Waals surface area contributed by atoms with E-state index >= 15 is 0 Å². The van der Waals surface area contributed by atoms with Gasteiger partial charge in [-0.3, -0.25) is 11.3 Å². The van der Waals surface area contributed by atoms with Gasteiger partial charge in [0.05, 0.1) is 0 Å². The summed E-state index contributed by atoms with van der Waals surface area (Å²) in [6.07, 6.45) is 1.60. The predicted octanol–water partition coefficient (Wildman–Crippen LogP) is 2.91. The first kappa shape index (κ1) is 13.1. The van der Waals surface area contributed by atoms with Gasteiger partial charge in [0.25, 0.3) is 0 Å². The van der Waals surface area contributed by atoms with E-state index < -0.39 is 11.6 Å². The first-order valence-corrected chi connectivity index (χ1v) is 5.46. The molecule has 0 amide bonds. The van der Waals surface area contributed by atoms with Crippen LogP contribution < -0.4 is 11.3 Å². The molecule has 0 radical (unpaired) electrons. The molecule has 1 atom stereocenters. The second kappa shape index (κ2) is 5.92. The average Bonchev–Trinajstić information content (AvgIpc) is 2.24. The number of nitrogens with two attached hydrogens (primary N) is 1. The summed E-state index contributed by atoms with van der Waals surface area (Å²) in [7, 11) is 0. The highest BCUT2D eigenvalue weighted by Gasteiger charge is 2.17. The highest BCUT2D eigenvalue weighted by Crippen LogP contribution is 2.23. The zero-order chi connectivity index (χ0) is 12.1. The van der Waals surface area contributed by atoms with Crippen LogP contribution >= 0.6 is 0 Å². The monoisotopic (exact) mass is 228 g/mol. The average molecular weight is 228 g/mol. The number of nitrogens with one attached hydrogen (secondary N) is 1. The molecule has 0 heterocycles. The Hall–Kier alpha value is -1.00. The van der Waals surface area contributed by atoms with Crippen molar-refractivity contribution in [1.29, 1.82) is 0 Å². The number of halogens is 2. The Balaban J connectivity index is 2.82. The Morgan fingerprint density at radius 3 is 2.50 bits per heavy atom. The zero-order valence-corrected chi connectivity index (χ0v) is 9.63. The minimum atomic E-state index is -0.831. The summed E-state index contributed by atoms with van der Waals surface area (Å²) >= 11 is 0. The summed E-state index contributed by atoms with van der Waals surface area (Å²) in [5.74, 6) is 4.24. The molecule has 0 fully saturated rings. The van der Waals surface area contributed by atoms with Crippen molar-refractivity contribution < 1.29 is 8.78 Å². The van der Waals surface area contributed by atoms with Crippen molar-refractivity contribution in [3.8, 4) is 0 Å². The molecule has 0 aliphatic rings. The predicted molar refractivity (Wildman–Crippen MR) is 60.5 cm³/mol. The Bertz CT molecular complexity index is 340. The fourth-order valence-corrected chi connectivity index (χ4v) is 1.62. The molecular weight excluding hydrogens is 210 g/mol. The van der Waals surface area contributed by atoms with Crippen molar-refractivity contribution in [3.05, 3.63) is 35.4 Å². The molecule has 90 valence electrons. The van der Waals surface area contributed by atoms with Gasteiger partial charge in [0.1, 0.15) is 0 Å². The lowest BCUT2D eigenvalue weighted by molar-refractivity contribution is 0.420. The molecule has 4 heteroatoms. The third kappa shape index (κ3) is 3.25. The van der Waals surface area contributed by atoms with E-state index in [1.807, 2.05) is 0 Å². The Labute approximate surface area is 94.8 Å². The van der Waals surface area contributed by atoms with Crippen molar-refractivity contribution in [1.82, 2.24) is 5.43 Å². The van der Waals surface area contributed by atoms with Crippen molar-refractivity contribution in [2.45, 2.75) is 32.7 Å². The molecule has 1 aromatic carbocycles. The van der Waals surface area contributed by atoms with Crippen LogP contribution in [-0.2, 0) is 0 Å². The van der Waals surface area contributed by atoms with Gasteiger partial charge in [0.15, 0.2) is 11.6 Å². The molecule has 0 aromatic heterocycles. The molecular formula is C12H18F2N2. The lowest BCUT2D eigenvalue weighted by atomic mass is 9.97. The van der Waals surface area contributed by atoms with Gasteiger partial charge < -0.3 is 0 Å². The molecule has 0 saturated heterocycles. The van der Waals surface area contributed by atoms with E-state index in [0.717, 1.165) is 12.5 Å². The fourth-order valence-electron chi connectivity index (χ4n) is 1.62. The number of rotatable bonds is 5. The highest BCUT2D eigenvalue weighted by molar-refractivity contribution is 5.22. The molecule has 0 saturated carbocycles. The SMILES string of the molecule is CC(C)CCC(NN)c1cccc(F)c1F. The molecule has 3 N–H and O–H groups in total. The Morgan fingerprint density at radius 1 is 1.25 bits per heavy atom. The quantitative estimate of drug-likeness (QED) is 0.600. The maximum Gasteiger partial charge on any atom is 0.163 e. The maximum absolute atomic E-state index is 13.5. The first-order chi connectivity index (χ1) is 7.56. The van der Waals surface area contributed by atoms with Gasteiger partial charge in [0, 0.05) is 11.6 Å². The van der Waals surface area contributed by atoms with E-state index in [0.29, 0.717) is 17.9 Å². The number of hydrogen-bond donors (Lipinski definition) is 2. The summed E-state index contributed by atoms with van der Waals surface area (Å²) in [6.45, 7) is 4.16. The van der Waals surface area contributed by atoms with Gasteiger partial charge in [-0.15, -0.1) is 0 Å². The maximum atomic E-state index is 13.5. The highest BCUT2D eigenvalue weighted by atomic mass is 19.2. The molecule has 0 bridgehead atoms. The van der Waals surface area contributed by atoms with E-state index in [1.54, 1.807) is 6.07 Å². The third-order valence-electron chi connectivity index (χ3n) is 2.59. The molecule has 0 aliphatic heterocycles. The topological polar surface area (TPSA) is 38.0 Å². The molecule has 16 heavy (non-hydrogen) atoms. The van der Waals surface area contributed by atoms with Crippen LogP contribution in [0.4, 0.5) is 8.78 Å². The normalized spacial score (nSPS) is 13.1. The van der Waals surface area contributed by atoms with Crippen molar-refractivity contribution >= 4 is 0 Å². The van der Waals surface area contributed by atoms with E-state index in [9.17, 15) is 8.78 Å². The lowest BCUT2D eigenvalue weighted by Crippen LogP contribution is -2.29. The molecule has 0 spiro atoms. The lowest BCUT2D eigenvalue weighted by Gasteiger charge is -2.18. The summed E-state index contributed by atoms with van der Waals surface area (Å²) in [6, 6.07) is 3.82. The van der Waals surface area contributed by atoms with E-state index in [4.69, 9.17) is 5.84 Å². The van der Waals surface area contributed by atoms with Gasteiger partial charge in [0.2, 0.25) is 0 Å². The third-order valence-corrected chi connectivity index (χ3v) is 2.59. The van der Waals surface area contributed by atoms with Crippen molar-refractivity contribution in [2.24, 2.45) is 11.8 Å². The second-order valence-corrected chi connectivity index (χ2v) is 4.33. The number of hydrogen-bond acceptors (Lipinski definition) is 2. The minimum absolute atomic E-state index is 0.295. The fraction of sp³-hybridized carbons (Fsp3) is 0.500. The van der Waals surface area contributed by atoms with Crippen LogP contribution in [-0.4, -0.2) is 0 Å². The Kier molecular flexibility index (Phi) is 4.83. The van der Waals surface area contributed by atoms with E-state index in [-0.39, 0.29) is 6.04 Å². The van der Waals surface area contributed by atoms with E-state index in [1.165, 1.54) is 6.07 Å². The minimum Gasteiger partial charge on any atom is -0.271 e. The van der Waals surface area contributed by atoms with Crippen LogP contribution in [0.25, 0.3) is 0 Å². The summed E-state index contributed by atoms with van der Waals surface area (Å²) in [4.78, 5) is 0. The molecule has 1 aromatic rings. The first-order valence-electron chi connectivity index (χ1n) is 5.46. The van der Waals surface area contributed by atoms with Crippen LogP contribution in [0.2, 0.25) is 0 Å². The van der Waals surface area contributed by atoms with Crippen LogP contribution in [0, 0.1) is 17.6 Å². The van der Waals surface area contributed by atoms with Gasteiger partial charge in [-0.05, 0) is 24.8 Å². The summed E-state index contributed by atoms with van der Waals surface area (Å²) < 4.78 is 26.5. The molecule has 1 unspecified atom stereocenters. The summed E-state index contributed by atoms with van der Waals surface area (Å²) in [5, 5.41) is 0. The van der Waals surface area contributed by atoms with Crippen molar-refractivity contribution in [3.63, 3.8) is 0 Å². The van der Waals surface area contributed by atoms with Crippen LogP contribution in [0.3, 0.4) is 0 Å². The van der Waals surface area contributed by atoms with Crippen LogP contribution in [0.1, 0.15) is 38.3 Å². The second-order valence-electron chi connectivity index (χ2n) is 4.33. The largest absolute Gasteiger partial charge is 0.271 e. The van der Waals surface area contributed by atoms with Gasteiger partial charge >= 0.3 is 0 Å². The standard InChI is InChI=1S/C12H18F2N2/c1-8(2)6-7-11(16-15)9-4-3-5-10(13)12(9)14/h3-5,8,11,16H,6-7,15H2,1-2H3. The number of hydrazine groups is 1. The van der Waals surface area contributed by atoms with Gasteiger partial charge in [-0.2, -0.15) is 0 Å². The van der Waals surface area contributed by atoms with Crippen LogP contribution in [0.15, 0.2) is 18.2 Å². The molecule has 0 aliphatic carbocycles. The summed E-state index contributed by atoms with van der Waals surface area (Å²) in [5.41, 5.74) is 2.83. The van der Waals surface area contributed by atoms with Crippen molar-refractivity contribution in [2.75, 3.05) is 0 Å². The number of benzene rings is 1. The smallest absolute Gasteiger partial charge is 0.163 e. The van der Waals surface area contributed by atoms with Crippen LogP contribution in [0.5, 0.6) is 0 Å². The van der Waals surface area contributed by atoms with Gasteiger partial charge in [-0.25, -0.2) is 8.78 Å².